The molecule has 3 N–H and O–H groups in total. The molecule has 0 saturated carbocycles. The third kappa shape index (κ3) is 8.72. The van der Waals surface area contributed by atoms with Crippen LogP contribution in [0.5, 0.6) is 11.5 Å². The van der Waals surface area contributed by atoms with Crippen molar-refractivity contribution in [3.8, 4) is 11.5 Å². The van der Waals surface area contributed by atoms with E-state index in [-0.39, 0.29) is 38.8 Å². The Morgan fingerprint density at radius 1 is 0.579 bits per heavy atom. The monoisotopic (exact) mass is 546 g/mol. The summed E-state index contributed by atoms with van der Waals surface area (Å²) in [6.45, 7) is 8.49. The number of hydrogen-bond donors (Lipinski definition) is 3. The van der Waals surface area contributed by atoms with Crippen LogP contribution in [0, 0.1) is 0 Å². The number of hydrogen-bond acceptors (Lipinski definition) is 4. The Balaban J connectivity index is 0.000000317. The fourth-order valence-corrected chi connectivity index (χ4v) is 4.02. The maximum Gasteiger partial charge on any atom is 0.368 e. The quantitative estimate of drug-likeness (QED) is 0.147. The number of carbonyl (C=O) groups excluding carboxylic acids is 1. The topological polar surface area (TPSA) is 94.8 Å². The van der Waals surface area contributed by atoms with Crippen molar-refractivity contribution in [2.24, 2.45) is 0 Å². The van der Waals surface area contributed by atoms with Gasteiger partial charge in [0, 0.05) is 43.7 Å². The zero-order valence-electron chi connectivity index (χ0n) is 22.1. The van der Waals surface area contributed by atoms with Gasteiger partial charge in [0.1, 0.15) is 11.5 Å². The van der Waals surface area contributed by atoms with E-state index >= 15 is 0 Å². The van der Waals surface area contributed by atoms with Gasteiger partial charge in [-0.05, 0) is 23.3 Å². The van der Waals surface area contributed by atoms with E-state index in [1.807, 2.05) is 72.8 Å². The summed E-state index contributed by atoms with van der Waals surface area (Å²) in [5, 5.41) is 27.2. The Kier molecular flexibility index (Phi) is 12.7. The van der Waals surface area contributed by atoms with Crippen LogP contribution in [0.25, 0.3) is 0 Å². The first-order valence-corrected chi connectivity index (χ1v) is 11.9. The number of benzene rings is 4. The summed E-state index contributed by atoms with van der Waals surface area (Å²) < 4.78 is 0. The summed E-state index contributed by atoms with van der Waals surface area (Å²) in [6.07, 6.45) is -0.167. The van der Waals surface area contributed by atoms with Crippen molar-refractivity contribution in [2.45, 2.75) is 38.5 Å². The first-order chi connectivity index (χ1) is 17.5. The number of aromatic hydroxyl groups is 2. The summed E-state index contributed by atoms with van der Waals surface area (Å²) in [5.41, 5.74) is 3.98. The molecule has 0 atom stereocenters. The minimum absolute atomic E-state index is 0. The van der Waals surface area contributed by atoms with Gasteiger partial charge in [-0.1, -0.05) is 125 Å². The Morgan fingerprint density at radius 2 is 0.842 bits per heavy atom. The first kappa shape index (κ1) is 32.4. The van der Waals surface area contributed by atoms with E-state index in [1.165, 1.54) is 11.1 Å². The number of para-hydroxylation sites is 2. The van der Waals surface area contributed by atoms with E-state index in [1.54, 1.807) is 12.1 Å². The Labute approximate surface area is 239 Å². The molecule has 4 aromatic carbocycles. The third-order valence-corrected chi connectivity index (χ3v) is 6.25. The molecule has 0 aliphatic heterocycles. The molecule has 5 nitrogen and oxygen atoms in total. The molecule has 4 aromatic rings. The zero-order chi connectivity index (χ0) is 27.5. The maximum atomic E-state index is 9.91. The Morgan fingerprint density at radius 3 is 1.11 bits per heavy atom. The summed E-state index contributed by atoms with van der Waals surface area (Å²) in [5.74, 6) is -0.710. The molecule has 0 unspecified atom stereocenters. The van der Waals surface area contributed by atoms with Gasteiger partial charge in [0.05, 0.1) is 0 Å². The average Bonchev–Trinajstić information content (AvgIpc) is 2.91. The molecule has 0 amide bonds. The molecule has 0 aliphatic carbocycles. The van der Waals surface area contributed by atoms with Crippen molar-refractivity contribution in [1.82, 2.24) is 0 Å². The molecule has 6 heteroatoms. The zero-order valence-corrected chi connectivity index (χ0v) is 23.7. The fourth-order valence-electron chi connectivity index (χ4n) is 4.02. The molecule has 4 rings (SSSR count). The van der Waals surface area contributed by atoms with Gasteiger partial charge in [-0.3, -0.25) is 4.79 Å². The molecule has 0 heterocycles. The molecule has 0 bridgehead atoms. The van der Waals surface area contributed by atoms with Crippen molar-refractivity contribution in [1.29, 1.82) is 0 Å². The second-order valence-corrected chi connectivity index (χ2v) is 9.47. The van der Waals surface area contributed by atoms with Crippen molar-refractivity contribution in [3.05, 3.63) is 131 Å². The van der Waals surface area contributed by atoms with E-state index < -0.39 is 5.97 Å². The number of phenolic OH excluding ortho intramolecular Hbond substituents is 2. The van der Waals surface area contributed by atoms with Crippen LogP contribution in [0.3, 0.4) is 0 Å². The van der Waals surface area contributed by atoms with E-state index in [2.05, 4.69) is 52.0 Å². The Bertz CT molecular complexity index is 1190. The van der Waals surface area contributed by atoms with Gasteiger partial charge in [-0.2, -0.15) is 0 Å². The SMILES string of the molecule is CC(C)(c1ccccc1)c1ccccc1O.CC(C)(c1ccccc1)c1ccccc1O.O=CC(=O)O.[Ti]. The van der Waals surface area contributed by atoms with Gasteiger partial charge in [0.2, 0.25) is 6.29 Å². The molecule has 0 radical (unpaired) electrons. The van der Waals surface area contributed by atoms with E-state index in [0.29, 0.717) is 11.5 Å². The van der Waals surface area contributed by atoms with Crippen molar-refractivity contribution in [3.63, 3.8) is 0 Å². The van der Waals surface area contributed by atoms with Gasteiger partial charge in [-0.15, -0.1) is 0 Å². The van der Waals surface area contributed by atoms with Gasteiger partial charge < -0.3 is 15.3 Å². The van der Waals surface area contributed by atoms with Crippen LogP contribution in [0.2, 0.25) is 0 Å². The number of carboxylic acids is 1. The van der Waals surface area contributed by atoms with E-state index in [9.17, 15) is 10.2 Å². The van der Waals surface area contributed by atoms with E-state index in [0.717, 1.165) is 11.1 Å². The van der Waals surface area contributed by atoms with Crippen molar-refractivity contribution < 1.29 is 46.6 Å². The molecule has 0 aliphatic rings. The Hall–Kier alpha value is -3.67. The summed E-state index contributed by atoms with van der Waals surface area (Å²) in [7, 11) is 0. The molecular formula is C32H34O5Ti. The predicted octanol–water partition coefficient (Wildman–Crippen LogP) is 6.70. The minimum Gasteiger partial charge on any atom is -0.508 e. The number of carbonyl (C=O) groups is 2. The number of aliphatic carboxylic acids is 1. The summed E-state index contributed by atoms with van der Waals surface area (Å²) in [4.78, 5) is 17.9. The predicted molar refractivity (Wildman–Crippen MR) is 147 cm³/mol. The van der Waals surface area contributed by atoms with Crippen LogP contribution in [-0.2, 0) is 42.1 Å². The second-order valence-electron chi connectivity index (χ2n) is 9.47. The van der Waals surface area contributed by atoms with Gasteiger partial charge >= 0.3 is 5.97 Å². The fraction of sp³-hybridized carbons (Fsp3) is 0.188. The first-order valence-electron chi connectivity index (χ1n) is 11.9. The smallest absolute Gasteiger partial charge is 0.368 e. The molecule has 0 saturated heterocycles. The normalized spacial score (nSPS) is 10.4. The molecule has 196 valence electrons. The van der Waals surface area contributed by atoms with Gasteiger partial charge in [0.15, 0.2) is 0 Å². The minimum atomic E-state index is -1.43. The summed E-state index contributed by atoms with van der Waals surface area (Å²) >= 11 is 0. The maximum absolute atomic E-state index is 9.91. The van der Waals surface area contributed by atoms with Crippen LogP contribution in [0.15, 0.2) is 109 Å². The van der Waals surface area contributed by atoms with Crippen LogP contribution in [0.4, 0.5) is 0 Å². The number of carboxylic acid groups (broad SMARTS) is 1. The van der Waals surface area contributed by atoms with Crippen LogP contribution >= 0.6 is 0 Å². The average molecular weight is 546 g/mol. The van der Waals surface area contributed by atoms with Gasteiger partial charge in [0.25, 0.3) is 0 Å². The molecule has 0 aromatic heterocycles. The van der Waals surface area contributed by atoms with Crippen LogP contribution in [0.1, 0.15) is 49.9 Å². The number of rotatable bonds is 5. The molecule has 0 spiro atoms. The molecule has 0 fully saturated rings. The third-order valence-electron chi connectivity index (χ3n) is 6.25. The molecular weight excluding hydrogens is 512 g/mol. The number of phenols is 2. The molecule has 38 heavy (non-hydrogen) atoms. The summed E-state index contributed by atoms with van der Waals surface area (Å²) in [6, 6.07) is 35.5. The van der Waals surface area contributed by atoms with E-state index in [4.69, 9.17) is 14.7 Å². The van der Waals surface area contributed by atoms with Crippen molar-refractivity contribution >= 4 is 12.3 Å². The van der Waals surface area contributed by atoms with Crippen LogP contribution < -0.4 is 0 Å². The largest absolute Gasteiger partial charge is 0.508 e. The second kappa shape index (κ2) is 14.9. The number of aldehydes is 1. The standard InChI is InChI=1S/2C15H16O.C2H2O3.Ti/c2*1-15(2,12-8-4-3-5-9-12)13-10-6-7-11-14(13)16;3-1-2(4)5;/h2*3-11,16H,1-2H3;1H,(H,4,5);. The van der Waals surface area contributed by atoms with Crippen LogP contribution in [-0.4, -0.2) is 27.6 Å². The van der Waals surface area contributed by atoms with Crippen molar-refractivity contribution in [2.75, 3.05) is 0 Å². The van der Waals surface area contributed by atoms with Gasteiger partial charge in [-0.25, -0.2) is 4.79 Å².